The maximum atomic E-state index is 12.8. The van der Waals surface area contributed by atoms with Gasteiger partial charge in [-0.05, 0) is 37.7 Å². The summed E-state index contributed by atoms with van der Waals surface area (Å²) in [6.45, 7) is 5.14. The number of carbonyl (C=O) groups excluding carboxylic acids is 1. The van der Waals surface area contributed by atoms with Crippen LogP contribution in [0.1, 0.15) is 62.2 Å². The Hall–Kier alpha value is -2.21. The van der Waals surface area contributed by atoms with E-state index in [0.29, 0.717) is 18.9 Å². The van der Waals surface area contributed by atoms with E-state index in [2.05, 4.69) is 24.2 Å². The van der Waals surface area contributed by atoms with Gasteiger partial charge in [0.25, 0.3) is 0 Å². The summed E-state index contributed by atoms with van der Waals surface area (Å²) in [6.07, 6.45) is 5.13. The summed E-state index contributed by atoms with van der Waals surface area (Å²) < 4.78 is 11.0. The molecule has 0 saturated carbocycles. The number of nitrogens with zero attached hydrogens (tertiary/aromatic N) is 3. The lowest BCUT2D eigenvalue weighted by Crippen LogP contribution is -2.47. The number of rotatable bonds is 5. The van der Waals surface area contributed by atoms with E-state index in [1.165, 1.54) is 5.56 Å². The van der Waals surface area contributed by atoms with Gasteiger partial charge in [-0.25, -0.2) is 0 Å². The molecule has 28 heavy (non-hydrogen) atoms. The third-order valence-corrected chi connectivity index (χ3v) is 6.07. The molecular weight excluding hydrogens is 354 g/mol. The minimum Gasteiger partial charge on any atom is -0.381 e. The van der Waals surface area contributed by atoms with Gasteiger partial charge >= 0.3 is 0 Å². The van der Waals surface area contributed by atoms with Crippen LogP contribution < -0.4 is 0 Å². The predicted molar refractivity (Wildman–Crippen MR) is 105 cm³/mol. The smallest absolute Gasteiger partial charge is 0.229 e. The predicted octanol–water partition coefficient (Wildman–Crippen LogP) is 3.48. The molecule has 3 heterocycles. The van der Waals surface area contributed by atoms with Crippen LogP contribution in [0.3, 0.4) is 0 Å². The number of ether oxygens (including phenoxy) is 1. The van der Waals surface area contributed by atoms with Crippen LogP contribution in [0.2, 0.25) is 0 Å². The Bertz CT molecular complexity index is 785. The first kappa shape index (κ1) is 19.1. The summed E-state index contributed by atoms with van der Waals surface area (Å²) in [7, 11) is 0. The van der Waals surface area contributed by atoms with Gasteiger partial charge in [0.05, 0.1) is 0 Å². The fourth-order valence-corrected chi connectivity index (χ4v) is 4.28. The molecule has 1 atom stereocenters. The van der Waals surface area contributed by atoms with Crippen LogP contribution in [0.25, 0.3) is 0 Å². The number of aromatic nitrogens is 2. The quantitative estimate of drug-likeness (QED) is 0.791. The second kappa shape index (κ2) is 8.43. The van der Waals surface area contributed by atoms with Crippen molar-refractivity contribution in [2.75, 3.05) is 26.3 Å². The van der Waals surface area contributed by atoms with Crippen molar-refractivity contribution in [3.8, 4) is 0 Å². The zero-order valence-electron chi connectivity index (χ0n) is 16.6. The summed E-state index contributed by atoms with van der Waals surface area (Å²) in [6, 6.07) is 10.2. The van der Waals surface area contributed by atoms with Crippen LogP contribution in [0.15, 0.2) is 34.9 Å². The highest BCUT2D eigenvalue weighted by Gasteiger charge is 2.39. The number of amides is 1. The number of carbonyl (C=O) groups is 1. The van der Waals surface area contributed by atoms with Crippen molar-refractivity contribution in [3.05, 3.63) is 47.6 Å². The lowest BCUT2D eigenvalue weighted by atomic mass is 9.81. The number of hydrogen-bond acceptors (Lipinski definition) is 5. The fraction of sp³-hybridized carbons (Fsp3) is 0.591. The molecule has 1 unspecified atom stereocenters. The van der Waals surface area contributed by atoms with E-state index >= 15 is 0 Å². The number of benzene rings is 1. The normalized spacial score (nSPS) is 23.7. The van der Waals surface area contributed by atoms with Crippen LogP contribution in [-0.2, 0) is 21.4 Å². The average Bonchev–Trinajstić information content (AvgIpc) is 3.25. The molecule has 2 saturated heterocycles. The molecule has 2 aromatic rings. The average molecular weight is 383 g/mol. The second-order valence-electron chi connectivity index (χ2n) is 8.31. The van der Waals surface area contributed by atoms with Crippen LogP contribution >= 0.6 is 0 Å². The Kier molecular flexibility index (Phi) is 5.76. The van der Waals surface area contributed by atoms with E-state index in [1.807, 2.05) is 23.1 Å². The third-order valence-electron chi connectivity index (χ3n) is 6.07. The lowest BCUT2D eigenvalue weighted by Gasteiger charge is -2.38. The Morgan fingerprint density at radius 3 is 2.82 bits per heavy atom. The fourth-order valence-electron chi connectivity index (χ4n) is 4.28. The summed E-state index contributed by atoms with van der Waals surface area (Å²) in [5.74, 6) is 1.98. The van der Waals surface area contributed by atoms with E-state index < -0.39 is 0 Å². The molecule has 0 radical (unpaired) electrons. The Morgan fingerprint density at radius 2 is 2.04 bits per heavy atom. The number of aryl methyl sites for hydroxylation is 1. The van der Waals surface area contributed by atoms with Crippen molar-refractivity contribution in [2.45, 2.75) is 56.8 Å². The van der Waals surface area contributed by atoms with Gasteiger partial charge in [-0.2, -0.15) is 4.98 Å². The minimum atomic E-state index is -0.242. The maximum Gasteiger partial charge on any atom is 0.229 e. The van der Waals surface area contributed by atoms with Gasteiger partial charge in [-0.15, -0.1) is 0 Å². The van der Waals surface area contributed by atoms with Gasteiger partial charge in [0.1, 0.15) is 0 Å². The van der Waals surface area contributed by atoms with Gasteiger partial charge in [-0.1, -0.05) is 42.4 Å². The topological polar surface area (TPSA) is 68.5 Å². The van der Waals surface area contributed by atoms with Gasteiger partial charge in [0.2, 0.25) is 11.8 Å². The molecule has 0 N–H and O–H groups in total. The van der Waals surface area contributed by atoms with Crippen LogP contribution in [0.5, 0.6) is 0 Å². The Balaban J connectivity index is 1.39. The molecule has 1 amide bonds. The third kappa shape index (κ3) is 4.27. The number of hydrogen-bond donors (Lipinski definition) is 0. The molecule has 0 bridgehead atoms. The number of likely N-dealkylation sites (tertiary alicyclic amines) is 1. The van der Waals surface area contributed by atoms with E-state index in [4.69, 9.17) is 14.2 Å². The zero-order valence-corrected chi connectivity index (χ0v) is 16.6. The molecule has 2 aliphatic heterocycles. The largest absolute Gasteiger partial charge is 0.381 e. The summed E-state index contributed by atoms with van der Waals surface area (Å²) in [4.78, 5) is 19.5. The first-order chi connectivity index (χ1) is 13.6. The van der Waals surface area contributed by atoms with Crippen molar-refractivity contribution in [1.29, 1.82) is 0 Å². The first-order valence-corrected chi connectivity index (χ1v) is 10.4. The standard InChI is InChI=1S/C22H29N3O3/c1-22(21-23-20(28-24-21)18-10-14-27-15-11-18)12-5-13-25(16-22)19(26)9-8-17-6-3-2-4-7-17/h2-4,6-7,18H,5,8-16H2,1H3. The van der Waals surface area contributed by atoms with Crippen LogP contribution in [-0.4, -0.2) is 47.3 Å². The van der Waals surface area contributed by atoms with Crippen molar-refractivity contribution in [3.63, 3.8) is 0 Å². The molecule has 1 aromatic heterocycles. The summed E-state index contributed by atoms with van der Waals surface area (Å²) in [5, 5.41) is 4.31. The van der Waals surface area contributed by atoms with E-state index in [9.17, 15) is 4.79 Å². The molecule has 2 fully saturated rings. The monoisotopic (exact) mass is 383 g/mol. The van der Waals surface area contributed by atoms with Crippen molar-refractivity contribution < 1.29 is 14.1 Å². The molecular formula is C22H29N3O3. The van der Waals surface area contributed by atoms with E-state index in [0.717, 1.165) is 63.6 Å². The molecule has 1 aromatic carbocycles. The van der Waals surface area contributed by atoms with Crippen LogP contribution in [0, 0.1) is 0 Å². The van der Waals surface area contributed by atoms with Crippen molar-refractivity contribution >= 4 is 5.91 Å². The van der Waals surface area contributed by atoms with Gasteiger partial charge in [-0.3, -0.25) is 4.79 Å². The second-order valence-corrected chi connectivity index (χ2v) is 8.31. The van der Waals surface area contributed by atoms with Crippen molar-refractivity contribution in [2.24, 2.45) is 0 Å². The van der Waals surface area contributed by atoms with Gasteiger partial charge < -0.3 is 14.2 Å². The maximum absolute atomic E-state index is 12.8. The molecule has 6 heteroatoms. The summed E-state index contributed by atoms with van der Waals surface area (Å²) in [5.41, 5.74) is 0.961. The molecule has 6 nitrogen and oxygen atoms in total. The highest BCUT2D eigenvalue weighted by atomic mass is 16.5. The van der Waals surface area contributed by atoms with E-state index in [-0.39, 0.29) is 11.3 Å². The number of piperidine rings is 1. The minimum absolute atomic E-state index is 0.211. The Morgan fingerprint density at radius 1 is 1.25 bits per heavy atom. The van der Waals surface area contributed by atoms with Crippen LogP contribution in [0.4, 0.5) is 0 Å². The molecule has 2 aliphatic rings. The molecule has 4 rings (SSSR count). The van der Waals surface area contributed by atoms with Gasteiger partial charge in [0.15, 0.2) is 5.82 Å². The molecule has 0 aliphatic carbocycles. The lowest BCUT2D eigenvalue weighted by molar-refractivity contribution is -0.133. The van der Waals surface area contributed by atoms with Crippen molar-refractivity contribution in [1.82, 2.24) is 15.0 Å². The zero-order chi connectivity index (χ0) is 19.4. The van der Waals surface area contributed by atoms with E-state index in [1.54, 1.807) is 0 Å². The first-order valence-electron chi connectivity index (χ1n) is 10.4. The molecule has 150 valence electrons. The summed E-state index contributed by atoms with van der Waals surface area (Å²) >= 11 is 0. The highest BCUT2D eigenvalue weighted by molar-refractivity contribution is 5.76. The molecule has 0 spiro atoms. The van der Waals surface area contributed by atoms with Gasteiger partial charge in [0, 0.05) is 44.1 Å². The SMILES string of the molecule is CC1(c2noc(C3CCOCC3)n2)CCCN(C(=O)CCc2ccccc2)C1. The highest BCUT2D eigenvalue weighted by Crippen LogP contribution is 2.34. The Labute approximate surface area is 166 Å².